The summed E-state index contributed by atoms with van der Waals surface area (Å²) in [5.74, 6) is 0. The zero-order chi connectivity index (χ0) is 75.7. The Bertz CT molecular complexity index is 6640. The van der Waals surface area contributed by atoms with Crippen LogP contribution in [-0.4, -0.2) is 19.8 Å². The Balaban J connectivity index is 0.767. The van der Waals surface area contributed by atoms with Crippen molar-refractivity contribution in [2.45, 2.75) is 58.3 Å². The summed E-state index contributed by atoms with van der Waals surface area (Å²) < 4.78 is 0. The summed E-state index contributed by atoms with van der Waals surface area (Å²) in [6.45, 7) is 8.36. The first-order valence-electron chi connectivity index (χ1n) is 40.8. The largest absolute Gasteiger partial charge is 0.342 e. The molecule has 0 atom stereocenters. The van der Waals surface area contributed by atoms with Gasteiger partial charge >= 0.3 is 0 Å². The Labute approximate surface area is 667 Å². The maximum atomic E-state index is 2.79. The van der Waals surface area contributed by atoms with E-state index in [4.69, 9.17) is 0 Å². The standard InChI is InChI=1S/C111H83BN2/c1-111(2,3)85-52-48-71(49-53-85)60-76-69-104-110-105(70-76)114(59-57-91-88(79-28-12-6-13-29-79)40-23-41-89(91)80-30-14-7-15-31-80)103-68-73(62-75-64-84-37-21-45-95-93-43-17-33-82-35-19-47-97(107(82)93)99(66-75)109(84)95)51-55-101(103)112(110)100-54-50-72(61-74-63-83-36-20-44-94-92-42-16-32-81-34-18-46-96(106(81)92)98(65-74)108(83)94)67-102(100)113(104)58-56-90-86(77-24-8-4-9-25-77)38-22-39-87(90)78-26-10-5-11-27-78/h4-55,63-70H,56-62H2,1-3H3. The van der Waals surface area contributed by atoms with Crippen molar-refractivity contribution in [3.63, 3.8) is 0 Å². The van der Waals surface area contributed by atoms with E-state index in [2.05, 4.69) is 395 Å². The van der Waals surface area contributed by atoms with Gasteiger partial charge in [0, 0.05) is 35.8 Å². The molecule has 0 amide bonds. The van der Waals surface area contributed by atoms with Crippen molar-refractivity contribution in [1.82, 2.24) is 0 Å². The Hall–Kier alpha value is -13.3. The zero-order valence-corrected chi connectivity index (χ0v) is 64.6. The molecule has 20 aromatic rings. The fourth-order valence-corrected chi connectivity index (χ4v) is 20.3. The number of fused-ring (bicyclic) bond motifs is 8. The maximum Gasteiger partial charge on any atom is 0.252 e. The minimum atomic E-state index is -0.0862. The molecule has 0 aliphatic carbocycles. The highest BCUT2D eigenvalue weighted by Crippen LogP contribution is 2.47. The summed E-state index contributed by atoms with van der Waals surface area (Å²) in [6.07, 6.45) is 3.91. The second kappa shape index (κ2) is 27.3. The molecule has 2 aliphatic heterocycles. The Morgan fingerprint density at radius 2 is 0.553 bits per heavy atom. The van der Waals surface area contributed by atoms with Crippen molar-refractivity contribution in [1.29, 1.82) is 0 Å². The van der Waals surface area contributed by atoms with E-state index < -0.39 is 0 Å². The van der Waals surface area contributed by atoms with E-state index >= 15 is 0 Å². The fraction of sp³-hybridized carbons (Fsp3) is 0.0991. The van der Waals surface area contributed by atoms with E-state index in [9.17, 15) is 0 Å². The lowest BCUT2D eigenvalue weighted by atomic mass is 9.33. The Kier molecular flexibility index (Phi) is 16.2. The quantitative estimate of drug-likeness (QED) is 0.0540. The minimum absolute atomic E-state index is 0.0202. The molecule has 0 saturated carbocycles. The van der Waals surface area contributed by atoms with Gasteiger partial charge in [-0.15, -0.1) is 0 Å². The molecular weight excluding hydrogens is 1370 g/mol. The highest BCUT2D eigenvalue weighted by Gasteiger charge is 2.43. The maximum absolute atomic E-state index is 2.79. The van der Waals surface area contributed by atoms with Crippen LogP contribution in [0.3, 0.4) is 0 Å². The number of rotatable bonds is 16. The lowest BCUT2D eigenvalue weighted by Gasteiger charge is -2.45. The number of nitrogens with zero attached hydrogens (tertiary/aromatic N) is 2. The second-order valence-corrected chi connectivity index (χ2v) is 33.2. The summed E-state index contributed by atoms with van der Waals surface area (Å²) >= 11 is 0. The summed E-state index contributed by atoms with van der Waals surface area (Å²) in [6, 6.07) is 140. The molecule has 2 nitrogen and oxygen atoms in total. The molecule has 3 heteroatoms. The SMILES string of the molecule is CC(C)(C)c1ccc(Cc2cc3c4c(c2)N(CCc2c(-c5ccccc5)cccc2-c2ccccc2)c2cc(Cc5cc6cccc7c8cccc9cccc(c(c5)c67)c98)ccc2B4c2ccc(Cc4cc5cccc6c7cccc8cccc(c(c4)c56)c87)cc2N3CCc2c(-c3ccccc3)cccc2-c2ccccc2)cc1. The van der Waals surface area contributed by atoms with Crippen LogP contribution < -0.4 is 26.2 Å². The van der Waals surface area contributed by atoms with Gasteiger partial charge in [0.15, 0.2) is 0 Å². The topological polar surface area (TPSA) is 6.48 Å². The zero-order valence-electron chi connectivity index (χ0n) is 64.6. The van der Waals surface area contributed by atoms with Gasteiger partial charge in [0.2, 0.25) is 0 Å². The van der Waals surface area contributed by atoms with E-state index in [0.29, 0.717) is 0 Å². The summed E-state index contributed by atoms with van der Waals surface area (Å²) in [5.41, 5.74) is 31.1. The normalized spacial score (nSPS) is 12.7. The van der Waals surface area contributed by atoms with Gasteiger partial charge in [-0.25, -0.2) is 0 Å². The first kappa shape index (κ1) is 67.6. The van der Waals surface area contributed by atoms with Crippen LogP contribution in [-0.2, 0) is 37.5 Å². The molecule has 2 heterocycles. The third-order valence-corrected chi connectivity index (χ3v) is 25.4. The molecular formula is C111H83BN2. The first-order valence-corrected chi connectivity index (χ1v) is 40.8. The van der Waals surface area contributed by atoms with E-state index in [1.165, 1.54) is 220 Å². The molecule has 0 aromatic heterocycles. The third-order valence-electron chi connectivity index (χ3n) is 25.4. The smallest absolute Gasteiger partial charge is 0.252 e. The molecule has 0 spiro atoms. The molecule has 0 radical (unpaired) electrons. The molecule has 540 valence electrons. The molecule has 0 saturated heterocycles. The number of benzene rings is 20. The van der Waals surface area contributed by atoms with Gasteiger partial charge in [0.25, 0.3) is 6.71 Å². The van der Waals surface area contributed by atoms with Gasteiger partial charge < -0.3 is 9.80 Å². The molecule has 0 fully saturated rings. The van der Waals surface area contributed by atoms with Gasteiger partial charge in [0.1, 0.15) is 0 Å². The Morgan fingerprint density at radius 3 is 0.921 bits per heavy atom. The van der Waals surface area contributed by atoms with Crippen molar-refractivity contribution in [3.8, 4) is 44.5 Å². The van der Waals surface area contributed by atoms with Gasteiger partial charge in [0.05, 0.1) is 0 Å². The van der Waals surface area contributed by atoms with E-state index in [-0.39, 0.29) is 12.1 Å². The number of hydrogen-bond donors (Lipinski definition) is 0. The van der Waals surface area contributed by atoms with Crippen molar-refractivity contribution in [2.75, 3.05) is 22.9 Å². The van der Waals surface area contributed by atoms with Gasteiger partial charge in [-0.3, -0.25) is 0 Å². The van der Waals surface area contributed by atoms with Crippen molar-refractivity contribution in [2.24, 2.45) is 0 Å². The molecule has 0 N–H and O–H groups in total. The molecule has 20 aromatic carbocycles. The Morgan fingerprint density at radius 1 is 0.246 bits per heavy atom. The average molecular weight is 1460 g/mol. The highest BCUT2D eigenvalue weighted by atomic mass is 15.2. The molecule has 0 unspecified atom stereocenters. The van der Waals surface area contributed by atoms with Crippen LogP contribution in [0.2, 0.25) is 0 Å². The second-order valence-electron chi connectivity index (χ2n) is 33.2. The predicted molar refractivity (Wildman–Crippen MR) is 489 cm³/mol. The van der Waals surface area contributed by atoms with Crippen LogP contribution in [0, 0.1) is 0 Å². The van der Waals surface area contributed by atoms with Crippen LogP contribution in [0.1, 0.15) is 70.8 Å². The summed E-state index contributed by atoms with van der Waals surface area (Å²) in [5, 5.41) is 21.1. The van der Waals surface area contributed by atoms with Crippen LogP contribution in [0.4, 0.5) is 22.7 Å². The average Bonchev–Trinajstić information content (AvgIpc) is 0.709. The van der Waals surface area contributed by atoms with Crippen LogP contribution in [0.25, 0.3) is 131 Å². The third kappa shape index (κ3) is 11.5. The predicted octanol–water partition coefficient (Wildman–Crippen LogP) is 26.4. The van der Waals surface area contributed by atoms with Gasteiger partial charge in [-0.05, 0) is 259 Å². The summed E-state index contributed by atoms with van der Waals surface area (Å²) in [7, 11) is 0. The molecule has 22 rings (SSSR count). The summed E-state index contributed by atoms with van der Waals surface area (Å²) in [4.78, 5) is 5.58. The van der Waals surface area contributed by atoms with Crippen LogP contribution >= 0.6 is 0 Å². The number of anilines is 4. The van der Waals surface area contributed by atoms with Gasteiger partial charge in [-0.1, -0.05) is 360 Å². The molecule has 2 aliphatic rings. The lowest BCUT2D eigenvalue weighted by Crippen LogP contribution is -2.62. The minimum Gasteiger partial charge on any atom is -0.342 e. The fourth-order valence-electron chi connectivity index (χ4n) is 20.3. The molecule has 0 bridgehead atoms. The lowest BCUT2D eigenvalue weighted by molar-refractivity contribution is 0.590. The monoisotopic (exact) mass is 1450 g/mol. The first-order chi connectivity index (χ1) is 56.1. The van der Waals surface area contributed by atoms with Crippen LogP contribution in [0.5, 0.6) is 0 Å². The number of hydrogen-bond acceptors (Lipinski definition) is 2. The van der Waals surface area contributed by atoms with Crippen LogP contribution in [0.15, 0.2) is 364 Å². The van der Waals surface area contributed by atoms with E-state index in [1.807, 2.05) is 0 Å². The van der Waals surface area contributed by atoms with Gasteiger partial charge in [-0.2, -0.15) is 0 Å². The van der Waals surface area contributed by atoms with E-state index in [0.717, 1.165) is 45.2 Å². The van der Waals surface area contributed by atoms with Crippen molar-refractivity contribution >= 4 is 132 Å². The highest BCUT2D eigenvalue weighted by molar-refractivity contribution is 7.00. The van der Waals surface area contributed by atoms with Crippen molar-refractivity contribution in [3.05, 3.63) is 414 Å². The molecule has 114 heavy (non-hydrogen) atoms. The van der Waals surface area contributed by atoms with E-state index in [1.54, 1.807) is 0 Å². The van der Waals surface area contributed by atoms with Crippen molar-refractivity contribution < 1.29 is 0 Å².